The molecule has 0 aliphatic heterocycles. The Morgan fingerprint density at radius 1 is 1.45 bits per heavy atom. The fraction of sp³-hybridized carbons (Fsp3) is 0.250. The number of nitrogens with one attached hydrogen (secondary N) is 1. The molecule has 0 bridgehead atoms. The summed E-state index contributed by atoms with van der Waals surface area (Å²) in [6.07, 6.45) is -0.472. The summed E-state index contributed by atoms with van der Waals surface area (Å²) in [6.45, 7) is 0. The molecule has 0 saturated carbocycles. The van der Waals surface area contributed by atoms with Crippen molar-refractivity contribution < 1.29 is 24.2 Å². The van der Waals surface area contributed by atoms with E-state index in [2.05, 4.69) is 10.1 Å². The van der Waals surface area contributed by atoms with Crippen LogP contribution < -0.4 is 11.1 Å². The van der Waals surface area contributed by atoms with E-state index in [4.69, 9.17) is 22.4 Å². The van der Waals surface area contributed by atoms with Crippen molar-refractivity contribution in [2.75, 3.05) is 12.8 Å². The minimum atomic E-state index is -1.38. The van der Waals surface area contributed by atoms with E-state index >= 15 is 0 Å². The number of halogens is 1. The van der Waals surface area contributed by atoms with Crippen LogP contribution in [-0.2, 0) is 14.3 Å². The number of ether oxygens (including phenoxy) is 1. The van der Waals surface area contributed by atoms with Gasteiger partial charge in [-0.15, -0.1) is 0 Å². The first-order valence-corrected chi connectivity index (χ1v) is 5.88. The number of methoxy groups -OCH3 is 1. The normalized spacial score (nSPS) is 11.5. The zero-order chi connectivity index (χ0) is 15.3. The Labute approximate surface area is 119 Å². The van der Waals surface area contributed by atoms with Gasteiger partial charge in [-0.25, -0.2) is 4.79 Å². The smallest absolute Gasteiger partial charge is 0.326 e. The van der Waals surface area contributed by atoms with Gasteiger partial charge in [-0.1, -0.05) is 11.6 Å². The standard InChI is InChI=1S/C12H13ClN2O5/c1-20-10(16)5-9(12(18)19)15-11(17)6-2-3-7(13)8(14)4-6/h2-4,9H,5,14H2,1H3,(H,15,17)(H,18,19)/t9-/m0/s1. The van der Waals surface area contributed by atoms with Crippen LogP contribution in [0.1, 0.15) is 16.8 Å². The van der Waals surface area contributed by atoms with Crippen LogP contribution in [0.15, 0.2) is 18.2 Å². The minimum Gasteiger partial charge on any atom is -0.480 e. The maximum absolute atomic E-state index is 11.9. The summed E-state index contributed by atoms with van der Waals surface area (Å²) in [6, 6.07) is 2.74. The molecule has 8 heteroatoms. The predicted octanol–water partition coefficient (Wildman–Crippen LogP) is 0.668. The molecule has 0 radical (unpaired) electrons. The molecule has 0 spiro atoms. The number of nitrogens with two attached hydrogens (primary N) is 1. The van der Waals surface area contributed by atoms with E-state index in [0.717, 1.165) is 7.11 Å². The van der Waals surface area contributed by atoms with Gasteiger partial charge in [0.1, 0.15) is 6.04 Å². The van der Waals surface area contributed by atoms with Crippen LogP contribution in [-0.4, -0.2) is 36.1 Å². The summed E-state index contributed by atoms with van der Waals surface area (Å²) in [5, 5.41) is 11.4. The Morgan fingerprint density at radius 3 is 2.60 bits per heavy atom. The molecule has 0 fully saturated rings. The van der Waals surface area contributed by atoms with Crippen LogP contribution in [0, 0.1) is 0 Å². The third-order valence-electron chi connectivity index (χ3n) is 2.46. The van der Waals surface area contributed by atoms with E-state index in [1.165, 1.54) is 18.2 Å². The third kappa shape index (κ3) is 4.13. The van der Waals surface area contributed by atoms with Crippen LogP contribution >= 0.6 is 11.6 Å². The Balaban J connectivity index is 2.82. The second-order valence-electron chi connectivity index (χ2n) is 3.88. The van der Waals surface area contributed by atoms with Crippen LogP contribution in [0.4, 0.5) is 5.69 Å². The van der Waals surface area contributed by atoms with E-state index in [9.17, 15) is 14.4 Å². The van der Waals surface area contributed by atoms with Gasteiger partial charge in [0.15, 0.2) is 0 Å². The van der Waals surface area contributed by atoms with Gasteiger partial charge in [0, 0.05) is 5.56 Å². The van der Waals surface area contributed by atoms with Crippen molar-refractivity contribution in [3.05, 3.63) is 28.8 Å². The average Bonchev–Trinajstić information content (AvgIpc) is 2.40. The minimum absolute atomic E-state index is 0.142. The Bertz CT molecular complexity index is 547. The van der Waals surface area contributed by atoms with Crippen molar-refractivity contribution in [1.29, 1.82) is 0 Å². The lowest BCUT2D eigenvalue weighted by Crippen LogP contribution is -2.42. The average molecular weight is 301 g/mol. The SMILES string of the molecule is COC(=O)C[C@H](NC(=O)c1ccc(Cl)c(N)c1)C(=O)O. The highest BCUT2D eigenvalue weighted by molar-refractivity contribution is 6.33. The topological polar surface area (TPSA) is 119 Å². The number of hydrogen-bond acceptors (Lipinski definition) is 5. The summed E-state index contributed by atoms with van der Waals surface area (Å²) < 4.78 is 4.36. The quantitative estimate of drug-likeness (QED) is 0.543. The highest BCUT2D eigenvalue weighted by Crippen LogP contribution is 2.19. The summed E-state index contributed by atoms with van der Waals surface area (Å²) >= 11 is 5.72. The third-order valence-corrected chi connectivity index (χ3v) is 2.80. The fourth-order valence-corrected chi connectivity index (χ4v) is 1.49. The molecule has 108 valence electrons. The number of carbonyl (C=O) groups excluding carboxylic acids is 2. The lowest BCUT2D eigenvalue weighted by atomic mass is 10.1. The zero-order valence-corrected chi connectivity index (χ0v) is 11.3. The van der Waals surface area contributed by atoms with Gasteiger partial charge in [-0.2, -0.15) is 0 Å². The van der Waals surface area contributed by atoms with E-state index < -0.39 is 30.3 Å². The van der Waals surface area contributed by atoms with Gasteiger partial charge in [-0.05, 0) is 18.2 Å². The number of hydrogen-bond donors (Lipinski definition) is 3. The van der Waals surface area contributed by atoms with E-state index in [0.29, 0.717) is 0 Å². The molecule has 4 N–H and O–H groups in total. The highest BCUT2D eigenvalue weighted by Gasteiger charge is 2.24. The molecule has 0 unspecified atom stereocenters. The van der Waals surface area contributed by atoms with Crippen LogP contribution in [0.2, 0.25) is 5.02 Å². The molecular weight excluding hydrogens is 288 g/mol. The monoisotopic (exact) mass is 300 g/mol. The summed E-state index contributed by atoms with van der Waals surface area (Å²) in [5.74, 6) is -2.76. The molecule has 20 heavy (non-hydrogen) atoms. The number of carboxylic acid groups (broad SMARTS) is 1. The van der Waals surface area contributed by atoms with Gasteiger partial charge in [0.05, 0.1) is 24.2 Å². The number of rotatable bonds is 5. The van der Waals surface area contributed by atoms with Crippen molar-refractivity contribution in [1.82, 2.24) is 5.32 Å². The molecule has 1 amide bonds. The molecule has 0 aliphatic rings. The van der Waals surface area contributed by atoms with Crippen molar-refractivity contribution in [3.8, 4) is 0 Å². The van der Waals surface area contributed by atoms with Crippen molar-refractivity contribution in [2.45, 2.75) is 12.5 Å². The molecule has 1 rings (SSSR count). The van der Waals surface area contributed by atoms with Crippen molar-refractivity contribution >= 4 is 35.1 Å². The molecule has 1 atom stereocenters. The van der Waals surface area contributed by atoms with Gasteiger partial charge < -0.3 is 20.9 Å². The largest absolute Gasteiger partial charge is 0.480 e. The molecule has 0 heterocycles. The number of esters is 1. The molecule has 1 aromatic carbocycles. The molecule has 7 nitrogen and oxygen atoms in total. The lowest BCUT2D eigenvalue weighted by molar-refractivity contribution is -0.147. The van der Waals surface area contributed by atoms with Gasteiger partial charge in [0.2, 0.25) is 0 Å². The van der Waals surface area contributed by atoms with E-state index in [1.807, 2.05) is 0 Å². The number of amides is 1. The first kappa shape index (κ1) is 15.8. The number of anilines is 1. The highest BCUT2D eigenvalue weighted by atomic mass is 35.5. The second-order valence-corrected chi connectivity index (χ2v) is 4.29. The number of carboxylic acids is 1. The van der Waals surface area contributed by atoms with Crippen LogP contribution in [0.3, 0.4) is 0 Å². The maximum atomic E-state index is 11.9. The number of benzene rings is 1. The summed E-state index contributed by atoms with van der Waals surface area (Å²) in [4.78, 5) is 33.9. The van der Waals surface area contributed by atoms with Crippen LogP contribution in [0.25, 0.3) is 0 Å². The van der Waals surface area contributed by atoms with Gasteiger partial charge in [0.25, 0.3) is 5.91 Å². The van der Waals surface area contributed by atoms with Gasteiger partial charge in [-0.3, -0.25) is 9.59 Å². The molecule has 0 aliphatic carbocycles. The van der Waals surface area contributed by atoms with Gasteiger partial charge >= 0.3 is 11.9 Å². The van der Waals surface area contributed by atoms with Crippen molar-refractivity contribution in [3.63, 3.8) is 0 Å². The second kappa shape index (κ2) is 6.76. The molecule has 0 saturated heterocycles. The molecular formula is C12H13ClN2O5. The number of aliphatic carboxylic acids is 1. The molecule has 1 aromatic rings. The number of carbonyl (C=O) groups is 3. The Morgan fingerprint density at radius 2 is 2.10 bits per heavy atom. The lowest BCUT2D eigenvalue weighted by Gasteiger charge is -2.13. The fourth-order valence-electron chi connectivity index (χ4n) is 1.38. The Hall–Kier alpha value is -2.28. The predicted molar refractivity (Wildman–Crippen MR) is 71.4 cm³/mol. The molecule has 0 aromatic heterocycles. The number of nitrogen functional groups attached to an aromatic ring is 1. The first-order valence-electron chi connectivity index (χ1n) is 5.50. The van der Waals surface area contributed by atoms with E-state index in [1.54, 1.807) is 0 Å². The van der Waals surface area contributed by atoms with E-state index in [-0.39, 0.29) is 16.3 Å². The van der Waals surface area contributed by atoms with Crippen molar-refractivity contribution in [2.24, 2.45) is 0 Å². The zero-order valence-electron chi connectivity index (χ0n) is 10.6. The van der Waals surface area contributed by atoms with Crippen LogP contribution in [0.5, 0.6) is 0 Å². The maximum Gasteiger partial charge on any atom is 0.326 e. The summed E-state index contributed by atoms with van der Waals surface area (Å²) in [5.41, 5.74) is 5.88. The summed E-state index contributed by atoms with van der Waals surface area (Å²) in [7, 11) is 1.13. The Kier molecular flexibility index (Phi) is 5.33. The first-order chi connectivity index (χ1) is 9.35.